The van der Waals surface area contributed by atoms with Crippen molar-refractivity contribution in [3.05, 3.63) is 53.9 Å². The molecule has 1 aliphatic carbocycles. The van der Waals surface area contributed by atoms with Crippen LogP contribution in [-0.2, 0) is 13.0 Å². The minimum Gasteiger partial charge on any atom is -0.493 e. The molecule has 4 rings (SSSR count). The van der Waals surface area contributed by atoms with Gasteiger partial charge in [-0.2, -0.15) is 0 Å². The minimum absolute atomic E-state index is 0.761. The van der Waals surface area contributed by atoms with Gasteiger partial charge in [0.15, 0.2) is 11.5 Å². The average molecular weight is 379 g/mol. The number of rotatable bonds is 7. The summed E-state index contributed by atoms with van der Waals surface area (Å²) in [5.41, 5.74) is 3.52. The molecule has 0 unspecified atom stereocenters. The molecule has 0 N–H and O–H groups in total. The number of ether oxygens (including phenoxy) is 2. The van der Waals surface area contributed by atoms with Crippen LogP contribution in [0.2, 0.25) is 0 Å². The van der Waals surface area contributed by atoms with Crippen molar-refractivity contribution in [1.29, 1.82) is 0 Å². The number of methoxy groups -OCH3 is 2. The van der Waals surface area contributed by atoms with Crippen molar-refractivity contribution in [2.24, 2.45) is 5.92 Å². The normalized spacial score (nSPS) is 15.1. The summed E-state index contributed by atoms with van der Waals surface area (Å²) in [6.45, 7) is 1.05. The van der Waals surface area contributed by atoms with Crippen LogP contribution in [0.25, 0.3) is 11.0 Å². The summed E-state index contributed by atoms with van der Waals surface area (Å²) < 4.78 is 13.3. The summed E-state index contributed by atoms with van der Waals surface area (Å²) >= 11 is 0. The smallest absolute Gasteiger partial charge is 0.161 e. The maximum Gasteiger partial charge on any atom is 0.161 e. The summed E-state index contributed by atoms with van der Waals surface area (Å²) in [7, 11) is 3.35. The third-order valence-electron chi connectivity index (χ3n) is 6.03. The van der Waals surface area contributed by atoms with Crippen LogP contribution in [0, 0.1) is 5.92 Å². The summed E-state index contributed by atoms with van der Waals surface area (Å²) in [5, 5.41) is 0. The molecule has 1 heterocycles. The van der Waals surface area contributed by atoms with Crippen LogP contribution in [0.15, 0.2) is 42.5 Å². The Kier molecular flexibility index (Phi) is 5.84. The lowest BCUT2D eigenvalue weighted by molar-refractivity contribution is 0.324. The average Bonchev–Trinajstić information content (AvgIpc) is 3.09. The second-order valence-corrected chi connectivity index (χ2v) is 7.83. The highest BCUT2D eigenvalue weighted by Gasteiger charge is 2.17. The van der Waals surface area contributed by atoms with Crippen molar-refractivity contribution in [2.45, 2.75) is 51.5 Å². The number of nitrogens with zero attached hydrogens (tertiary/aromatic N) is 2. The minimum atomic E-state index is 0.761. The van der Waals surface area contributed by atoms with Crippen molar-refractivity contribution in [3.8, 4) is 11.5 Å². The first-order chi connectivity index (χ1) is 13.8. The van der Waals surface area contributed by atoms with Gasteiger partial charge in [-0.15, -0.1) is 0 Å². The third kappa shape index (κ3) is 4.01. The highest BCUT2D eigenvalue weighted by molar-refractivity contribution is 5.76. The Bertz CT molecular complexity index is 925. The van der Waals surface area contributed by atoms with Crippen molar-refractivity contribution >= 4 is 11.0 Å². The number of hydrogen-bond donors (Lipinski definition) is 0. The number of para-hydroxylation sites is 2. The molecule has 1 aliphatic rings. The topological polar surface area (TPSA) is 36.3 Å². The van der Waals surface area contributed by atoms with Gasteiger partial charge in [0.25, 0.3) is 0 Å². The van der Waals surface area contributed by atoms with E-state index in [4.69, 9.17) is 14.5 Å². The Morgan fingerprint density at radius 1 is 0.964 bits per heavy atom. The Balaban J connectivity index is 1.60. The van der Waals surface area contributed by atoms with Gasteiger partial charge < -0.3 is 14.0 Å². The molecule has 0 bridgehead atoms. The second kappa shape index (κ2) is 8.68. The van der Waals surface area contributed by atoms with E-state index < -0.39 is 0 Å². The summed E-state index contributed by atoms with van der Waals surface area (Å²) in [6.07, 6.45) is 9.02. The Labute approximate surface area is 167 Å². The van der Waals surface area contributed by atoms with Crippen LogP contribution < -0.4 is 9.47 Å². The SMILES string of the molecule is COc1ccc(Cc2nc3ccccc3n2CCC2CCCCC2)cc1OC. The summed E-state index contributed by atoms with van der Waals surface area (Å²) in [5.74, 6) is 3.52. The van der Waals surface area contributed by atoms with E-state index in [2.05, 4.69) is 41.0 Å². The molecule has 0 spiro atoms. The fourth-order valence-electron chi connectivity index (χ4n) is 4.47. The van der Waals surface area contributed by atoms with Gasteiger partial charge in [0.2, 0.25) is 0 Å². The molecule has 4 heteroatoms. The lowest BCUT2D eigenvalue weighted by atomic mass is 9.87. The zero-order chi connectivity index (χ0) is 19.3. The monoisotopic (exact) mass is 378 g/mol. The zero-order valence-electron chi connectivity index (χ0n) is 17.0. The number of imidazole rings is 1. The first kappa shape index (κ1) is 18.9. The molecule has 2 aromatic carbocycles. The maximum atomic E-state index is 5.48. The Morgan fingerprint density at radius 3 is 2.54 bits per heavy atom. The van der Waals surface area contributed by atoms with Gasteiger partial charge in [-0.3, -0.25) is 0 Å². The van der Waals surface area contributed by atoms with Gasteiger partial charge in [0, 0.05) is 13.0 Å². The highest BCUT2D eigenvalue weighted by atomic mass is 16.5. The molecule has 148 valence electrons. The van der Waals surface area contributed by atoms with Gasteiger partial charge in [-0.05, 0) is 42.2 Å². The first-order valence-electron chi connectivity index (χ1n) is 10.4. The van der Waals surface area contributed by atoms with Gasteiger partial charge in [-0.1, -0.05) is 50.3 Å². The van der Waals surface area contributed by atoms with Gasteiger partial charge in [0.1, 0.15) is 5.82 Å². The van der Waals surface area contributed by atoms with Crippen LogP contribution >= 0.6 is 0 Å². The van der Waals surface area contributed by atoms with Crippen molar-refractivity contribution in [1.82, 2.24) is 9.55 Å². The van der Waals surface area contributed by atoms with E-state index in [1.54, 1.807) is 14.2 Å². The van der Waals surface area contributed by atoms with Crippen LogP contribution in [0.3, 0.4) is 0 Å². The Hall–Kier alpha value is -2.49. The fourth-order valence-corrected chi connectivity index (χ4v) is 4.47. The molecule has 0 aliphatic heterocycles. The quantitative estimate of drug-likeness (QED) is 0.536. The van der Waals surface area contributed by atoms with E-state index in [-0.39, 0.29) is 0 Å². The van der Waals surface area contributed by atoms with Gasteiger partial charge in [0.05, 0.1) is 25.3 Å². The molecular formula is C24H30N2O2. The molecule has 1 aromatic heterocycles. The van der Waals surface area contributed by atoms with Crippen LogP contribution in [0.4, 0.5) is 0 Å². The van der Waals surface area contributed by atoms with Gasteiger partial charge in [-0.25, -0.2) is 4.98 Å². The molecule has 0 atom stereocenters. The molecule has 0 radical (unpaired) electrons. The molecular weight excluding hydrogens is 348 g/mol. The van der Waals surface area contributed by atoms with Crippen LogP contribution in [0.1, 0.15) is 49.9 Å². The fraction of sp³-hybridized carbons (Fsp3) is 0.458. The van der Waals surface area contributed by atoms with E-state index in [0.717, 1.165) is 41.7 Å². The molecule has 3 aromatic rings. The van der Waals surface area contributed by atoms with E-state index >= 15 is 0 Å². The highest BCUT2D eigenvalue weighted by Crippen LogP contribution is 2.30. The lowest BCUT2D eigenvalue weighted by Gasteiger charge is -2.22. The van der Waals surface area contributed by atoms with E-state index in [1.165, 1.54) is 49.6 Å². The van der Waals surface area contributed by atoms with Crippen molar-refractivity contribution < 1.29 is 9.47 Å². The van der Waals surface area contributed by atoms with Crippen molar-refractivity contribution in [3.63, 3.8) is 0 Å². The molecule has 1 saturated carbocycles. The van der Waals surface area contributed by atoms with E-state index in [9.17, 15) is 0 Å². The summed E-state index contributed by atoms with van der Waals surface area (Å²) in [4.78, 5) is 4.96. The molecule has 0 saturated heterocycles. The van der Waals surface area contributed by atoms with E-state index in [1.807, 2.05) is 6.07 Å². The maximum absolute atomic E-state index is 5.48. The number of benzene rings is 2. The predicted octanol–water partition coefficient (Wildman–Crippen LogP) is 5.61. The van der Waals surface area contributed by atoms with Crippen molar-refractivity contribution in [2.75, 3.05) is 14.2 Å². The predicted molar refractivity (Wildman–Crippen MR) is 113 cm³/mol. The number of fused-ring (bicyclic) bond motifs is 1. The second-order valence-electron chi connectivity index (χ2n) is 7.83. The van der Waals surface area contributed by atoms with Crippen LogP contribution in [0.5, 0.6) is 11.5 Å². The summed E-state index contributed by atoms with van der Waals surface area (Å²) in [6, 6.07) is 14.6. The molecule has 1 fully saturated rings. The molecule has 0 amide bonds. The van der Waals surface area contributed by atoms with E-state index in [0.29, 0.717) is 0 Å². The van der Waals surface area contributed by atoms with Crippen LogP contribution in [-0.4, -0.2) is 23.8 Å². The number of aryl methyl sites for hydroxylation is 1. The number of hydrogen-bond acceptors (Lipinski definition) is 3. The standard InChI is InChI=1S/C24H30N2O2/c1-27-22-13-12-19(16-23(22)28-2)17-24-25-20-10-6-7-11-21(20)26(24)15-14-18-8-4-3-5-9-18/h6-7,10-13,16,18H,3-5,8-9,14-15,17H2,1-2H3. The lowest BCUT2D eigenvalue weighted by Crippen LogP contribution is -2.12. The molecule has 28 heavy (non-hydrogen) atoms. The zero-order valence-corrected chi connectivity index (χ0v) is 17.0. The first-order valence-corrected chi connectivity index (χ1v) is 10.4. The van der Waals surface area contributed by atoms with Gasteiger partial charge >= 0.3 is 0 Å². The largest absolute Gasteiger partial charge is 0.493 e. The molecule has 4 nitrogen and oxygen atoms in total. The Morgan fingerprint density at radius 2 is 1.75 bits per heavy atom. The third-order valence-corrected chi connectivity index (χ3v) is 6.03. The number of aromatic nitrogens is 2.